The van der Waals surface area contributed by atoms with Crippen LogP contribution >= 0.6 is 22.9 Å². The summed E-state index contributed by atoms with van der Waals surface area (Å²) in [5.74, 6) is 0. The number of hydrogen-bond donors (Lipinski definition) is 0. The molecule has 2 aromatic heterocycles. The van der Waals surface area contributed by atoms with Crippen LogP contribution in [0.2, 0.25) is 5.02 Å². The van der Waals surface area contributed by atoms with Crippen molar-refractivity contribution in [2.24, 2.45) is 0 Å². The molecule has 3 heteroatoms. The molecule has 18 heavy (non-hydrogen) atoms. The first-order valence-corrected chi connectivity index (χ1v) is 6.88. The molecule has 2 aromatic carbocycles. The minimum Gasteiger partial charge on any atom is -0.245 e. The van der Waals surface area contributed by atoms with Crippen LogP contribution in [0.25, 0.3) is 31.1 Å². The highest BCUT2D eigenvalue weighted by Crippen LogP contribution is 2.38. The average Bonchev–Trinajstić information content (AvgIpc) is 2.74. The fourth-order valence-electron chi connectivity index (χ4n) is 2.35. The zero-order chi connectivity index (χ0) is 12.1. The normalized spacial score (nSPS) is 11.6. The second-order valence-electron chi connectivity index (χ2n) is 4.27. The van der Waals surface area contributed by atoms with E-state index in [0.717, 1.165) is 15.2 Å². The molecule has 0 fully saturated rings. The number of fused-ring (bicyclic) bond motifs is 4. The van der Waals surface area contributed by atoms with Gasteiger partial charge in [-0.3, -0.25) is 0 Å². The number of thiophene rings is 1. The second-order valence-corrected chi connectivity index (χ2v) is 5.71. The van der Waals surface area contributed by atoms with Gasteiger partial charge in [0.15, 0.2) is 0 Å². The summed E-state index contributed by atoms with van der Waals surface area (Å²) >= 11 is 7.99. The van der Waals surface area contributed by atoms with E-state index in [1.165, 1.54) is 20.9 Å². The predicted molar refractivity (Wildman–Crippen MR) is 79.6 cm³/mol. The van der Waals surface area contributed by atoms with Crippen LogP contribution in [-0.2, 0) is 0 Å². The largest absolute Gasteiger partial charge is 0.245 e. The Kier molecular flexibility index (Phi) is 2.10. The summed E-state index contributed by atoms with van der Waals surface area (Å²) < 4.78 is 1.24. The number of rotatable bonds is 0. The summed E-state index contributed by atoms with van der Waals surface area (Å²) in [6, 6.07) is 14.7. The maximum atomic E-state index is 6.30. The van der Waals surface area contributed by atoms with Crippen molar-refractivity contribution >= 4 is 54.0 Å². The van der Waals surface area contributed by atoms with Crippen molar-refractivity contribution in [1.29, 1.82) is 0 Å². The summed E-state index contributed by atoms with van der Waals surface area (Å²) in [6.07, 6.45) is 1.76. The number of aromatic nitrogens is 1. The van der Waals surface area contributed by atoms with E-state index < -0.39 is 0 Å². The summed E-state index contributed by atoms with van der Waals surface area (Å²) in [7, 11) is 0. The summed E-state index contributed by atoms with van der Waals surface area (Å²) in [5, 5.41) is 5.55. The van der Waals surface area contributed by atoms with Crippen LogP contribution < -0.4 is 0 Å². The van der Waals surface area contributed by atoms with Gasteiger partial charge in [0.25, 0.3) is 0 Å². The molecule has 0 saturated carbocycles. The first-order chi connectivity index (χ1) is 8.83. The van der Waals surface area contributed by atoms with Crippen molar-refractivity contribution in [3.05, 3.63) is 53.7 Å². The van der Waals surface area contributed by atoms with Gasteiger partial charge in [-0.25, -0.2) is 4.98 Å². The molecule has 0 N–H and O–H groups in total. The first-order valence-electron chi connectivity index (χ1n) is 5.68. The van der Waals surface area contributed by atoms with Crippen molar-refractivity contribution in [3.8, 4) is 0 Å². The fraction of sp³-hybridized carbons (Fsp3) is 0. The summed E-state index contributed by atoms with van der Waals surface area (Å²) in [6.45, 7) is 0. The van der Waals surface area contributed by atoms with Crippen LogP contribution in [0, 0.1) is 0 Å². The third kappa shape index (κ3) is 1.36. The lowest BCUT2D eigenvalue weighted by atomic mass is 10.1. The minimum atomic E-state index is 0.779. The molecule has 0 bridgehead atoms. The van der Waals surface area contributed by atoms with Gasteiger partial charge < -0.3 is 0 Å². The molecule has 0 aliphatic carbocycles. The van der Waals surface area contributed by atoms with Gasteiger partial charge in [0.2, 0.25) is 0 Å². The molecule has 0 aliphatic heterocycles. The van der Waals surface area contributed by atoms with Crippen molar-refractivity contribution in [2.75, 3.05) is 0 Å². The minimum absolute atomic E-state index is 0.779. The van der Waals surface area contributed by atoms with E-state index in [9.17, 15) is 0 Å². The third-order valence-corrected chi connectivity index (χ3v) is 4.56. The van der Waals surface area contributed by atoms with Crippen LogP contribution in [0.3, 0.4) is 0 Å². The van der Waals surface area contributed by atoms with Crippen molar-refractivity contribution < 1.29 is 0 Å². The van der Waals surface area contributed by atoms with Crippen molar-refractivity contribution in [2.45, 2.75) is 0 Å². The number of benzene rings is 2. The van der Waals surface area contributed by atoms with Crippen molar-refractivity contribution in [3.63, 3.8) is 0 Å². The Labute approximate surface area is 113 Å². The Morgan fingerprint density at radius 3 is 2.61 bits per heavy atom. The van der Waals surface area contributed by atoms with E-state index in [4.69, 9.17) is 11.6 Å². The van der Waals surface area contributed by atoms with E-state index in [1.807, 2.05) is 6.07 Å². The van der Waals surface area contributed by atoms with Crippen LogP contribution in [0.4, 0.5) is 0 Å². The Balaban J connectivity index is 2.29. The number of halogens is 1. The lowest BCUT2D eigenvalue weighted by Gasteiger charge is -1.98. The number of nitrogens with zero attached hydrogens (tertiary/aromatic N) is 1. The van der Waals surface area contributed by atoms with Gasteiger partial charge in [-0.15, -0.1) is 11.3 Å². The van der Waals surface area contributed by atoms with Crippen LogP contribution in [0.1, 0.15) is 0 Å². The monoisotopic (exact) mass is 269 g/mol. The number of pyridine rings is 1. The molecule has 0 amide bonds. The smallest absolute Gasteiger partial charge is 0.125 e. The van der Waals surface area contributed by atoms with E-state index >= 15 is 0 Å². The van der Waals surface area contributed by atoms with E-state index in [2.05, 4.69) is 41.4 Å². The Bertz CT molecular complexity index is 895. The van der Waals surface area contributed by atoms with Crippen LogP contribution in [0.15, 0.2) is 48.7 Å². The molecule has 0 spiro atoms. The number of hydrogen-bond acceptors (Lipinski definition) is 2. The maximum Gasteiger partial charge on any atom is 0.125 e. The molecular weight excluding hydrogens is 262 g/mol. The standard InChI is InChI=1S/C15H8ClNS/c16-12-5-6-17-15-14(12)11-7-9-3-1-2-4-10(9)8-13(11)18-15/h1-8H. The summed E-state index contributed by atoms with van der Waals surface area (Å²) in [5.41, 5.74) is 0. The second kappa shape index (κ2) is 3.67. The highest BCUT2D eigenvalue weighted by Gasteiger charge is 2.09. The SMILES string of the molecule is Clc1ccnc2sc3cc4ccccc4cc3c12. The first kappa shape index (κ1) is 10.3. The average molecular weight is 270 g/mol. The molecule has 2 heterocycles. The molecule has 0 radical (unpaired) electrons. The Morgan fingerprint density at radius 2 is 1.78 bits per heavy atom. The highest BCUT2D eigenvalue weighted by atomic mass is 35.5. The van der Waals surface area contributed by atoms with E-state index in [-0.39, 0.29) is 0 Å². The third-order valence-electron chi connectivity index (χ3n) is 3.19. The lowest BCUT2D eigenvalue weighted by Crippen LogP contribution is -1.74. The molecule has 0 saturated heterocycles. The molecule has 4 aromatic rings. The molecule has 4 rings (SSSR count). The topological polar surface area (TPSA) is 12.9 Å². The molecule has 1 nitrogen and oxygen atoms in total. The van der Waals surface area contributed by atoms with Gasteiger partial charge in [-0.05, 0) is 29.0 Å². The molecule has 0 aliphatic rings. The van der Waals surface area contributed by atoms with Crippen LogP contribution in [-0.4, -0.2) is 4.98 Å². The lowest BCUT2D eigenvalue weighted by molar-refractivity contribution is 1.45. The van der Waals surface area contributed by atoms with Gasteiger partial charge in [-0.2, -0.15) is 0 Å². The van der Waals surface area contributed by atoms with Gasteiger partial charge in [0, 0.05) is 21.7 Å². The summed E-state index contributed by atoms with van der Waals surface area (Å²) in [4.78, 5) is 5.41. The molecule has 86 valence electrons. The van der Waals surface area contributed by atoms with Gasteiger partial charge in [0.05, 0.1) is 5.02 Å². The molecule has 0 atom stereocenters. The van der Waals surface area contributed by atoms with E-state index in [0.29, 0.717) is 0 Å². The molecular formula is C15H8ClNS. The van der Waals surface area contributed by atoms with Gasteiger partial charge in [0.1, 0.15) is 4.83 Å². The fourth-order valence-corrected chi connectivity index (χ4v) is 3.75. The Hall–Kier alpha value is -1.64. The zero-order valence-electron chi connectivity index (χ0n) is 9.35. The van der Waals surface area contributed by atoms with Crippen molar-refractivity contribution in [1.82, 2.24) is 4.98 Å². The quantitative estimate of drug-likeness (QED) is 0.424. The predicted octanol–water partition coefficient (Wildman–Crippen LogP) is 5.26. The van der Waals surface area contributed by atoms with Crippen LogP contribution in [0.5, 0.6) is 0 Å². The van der Waals surface area contributed by atoms with E-state index in [1.54, 1.807) is 17.5 Å². The zero-order valence-corrected chi connectivity index (χ0v) is 10.9. The Morgan fingerprint density at radius 1 is 1.00 bits per heavy atom. The maximum absolute atomic E-state index is 6.30. The highest BCUT2D eigenvalue weighted by molar-refractivity contribution is 7.25. The molecule has 0 unspecified atom stereocenters. The van der Waals surface area contributed by atoms with Gasteiger partial charge in [-0.1, -0.05) is 35.9 Å². The van der Waals surface area contributed by atoms with Gasteiger partial charge >= 0.3 is 0 Å².